The first-order valence-corrected chi connectivity index (χ1v) is 13.3. The van der Waals surface area contributed by atoms with Gasteiger partial charge in [-0.3, -0.25) is 24.2 Å². The third-order valence-corrected chi connectivity index (χ3v) is 6.19. The number of carboxylic acid groups (broad SMARTS) is 2. The molecule has 17 nitrogen and oxygen atoms in total. The number of benzene rings is 1. The Balaban J connectivity index is 2.21. The van der Waals surface area contributed by atoms with Crippen LogP contribution >= 0.6 is 0 Å². The number of phenolic OH excluding ortho intramolecular Hbond substituents is 1. The van der Waals surface area contributed by atoms with Crippen molar-refractivity contribution in [1.29, 1.82) is 0 Å². The van der Waals surface area contributed by atoms with E-state index in [1.165, 1.54) is 36.8 Å². The largest absolute Gasteiger partial charge is 0.508 e. The van der Waals surface area contributed by atoms with Crippen molar-refractivity contribution >= 4 is 35.6 Å². The van der Waals surface area contributed by atoms with E-state index in [4.69, 9.17) is 17.2 Å². The molecule has 2 aromatic rings. The van der Waals surface area contributed by atoms with Gasteiger partial charge in [0.05, 0.1) is 12.4 Å². The molecule has 2 rings (SSSR count). The number of H-pyrrole nitrogens is 1. The molecular formula is C26H37N9O8. The molecule has 17 heteroatoms. The summed E-state index contributed by atoms with van der Waals surface area (Å²) >= 11 is 0. The summed E-state index contributed by atoms with van der Waals surface area (Å²) in [6, 6.07) is 0.639. The number of hydrogen-bond acceptors (Lipinski definition) is 9. The number of hydrogen-bond donors (Lipinski definition) is 10. The van der Waals surface area contributed by atoms with Crippen LogP contribution in [0.5, 0.6) is 5.75 Å². The lowest BCUT2D eigenvalue weighted by Crippen LogP contribution is -2.57. The second-order valence-corrected chi connectivity index (χ2v) is 9.66. The van der Waals surface area contributed by atoms with Gasteiger partial charge < -0.3 is 53.5 Å². The fraction of sp³-hybridized carbons (Fsp3) is 0.423. The van der Waals surface area contributed by atoms with Crippen LogP contribution in [-0.2, 0) is 36.8 Å². The fourth-order valence-electron chi connectivity index (χ4n) is 3.90. The molecule has 1 aromatic heterocycles. The molecule has 1 heterocycles. The van der Waals surface area contributed by atoms with Gasteiger partial charge in [0.2, 0.25) is 17.7 Å². The van der Waals surface area contributed by atoms with E-state index in [0.29, 0.717) is 17.7 Å². The van der Waals surface area contributed by atoms with E-state index in [9.17, 15) is 39.3 Å². The molecule has 0 saturated heterocycles. The number of aliphatic carboxylic acids is 2. The van der Waals surface area contributed by atoms with Crippen molar-refractivity contribution in [3.8, 4) is 5.75 Å². The van der Waals surface area contributed by atoms with Gasteiger partial charge >= 0.3 is 11.9 Å². The van der Waals surface area contributed by atoms with Gasteiger partial charge in [0, 0.05) is 37.7 Å². The fourth-order valence-corrected chi connectivity index (χ4v) is 3.90. The van der Waals surface area contributed by atoms with Crippen LogP contribution in [0.4, 0.5) is 0 Å². The van der Waals surface area contributed by atoms with Gasteiger partial charge in [-0.05, 0) is 37.0 Å². The van der Waals surface area contributed by atoms with Gasteiger partial charge in [-0.25, -0.2) is 9.78 Å². The number of aromatic amines is 1. The maximum atomic E-state index is 13.4. The van der Waals surface area contributed by atoms with Gasteiger partial charge in [0.25, 0.3) is 0 Å². The first kappa shape index (κ1) is 34.0. The predicted molar refractivity (Wildman–Crippen MR) is 152 cm³/mol. The van der Waals surface area contributed by atoms with Crippen molar-refractivity contribution in [1.82, 2.24) is 25.9 Å². The molecule has 3 amide bonds. The Hall–Kier alpha value is -5.19. The van der Waals surface area contributed by atoms with Crippen molar-refractivity contribution in [2.45, 2.75) is 62.7 Å². The van der Waals surface area contributed by atoms with Crippen molar-refractivity contribution < 1.29 is 39.3 Å². The molecule has 0 aliphatic carbocycles. The smallest absolute Gasteiger partial charge is 0.326 e. The number of aromatic hydroxyl groups is 1. The maximum absolute atomic E-state index is 13.4. The number of guanidine groups is 1. The van der Waals surface area contributed by atoms with Crippen LogP contribution in [0, 0.1) is 0 Å². The minimum atomic E-state index is -1.46. The topological polar surface area (TPSA) is 301 Å². The molecular weight excluding hydrogens is 566 g/mol. The number of rotatable bonds is 18. The summed E-state index contributed by atoms with van der Waals surface area (Å²) in [5.74, 6) is -5.21. The van der Waals surface area contributed by atoms with E-state index in [-0.39, 0.29) is 43.9 Å². The summed E-state index contributed by atoms with van der Waals surface area (Å²) in [5.41, 5.74) is 17.5. The number of aromatic nitrogens is 2. The average molecular weight is 604 g/mol. The molecule has 0 saturated carbocycles. The number of nitrogens with two attached hydrogens (primary N) is 3. The number of nitrogens with one attached hydrogen (secondary N) is 4. The van der Waals surface area contributed by atoms with E-state index >= 15 is 0 Å². The highest BCUT2D eigenvalue weighted by Crippen LogP contribution is 2.12. The Morgan fingerprint density at radius 2 is 1.51 bits per heavy atom. The van der Waals surface area contributed by atoms with Crippen molar-refractivity contribution in [3.63, 3.8) is 0 Å². The predicted octanol–water partition coefficient (Wildman–Crippen LogP) is -2.31. The van der Waals surface area contributed by atoms with E-state index < -0.39 is 60.2 Å². The highest BCUT2D eigenvalue weighted by molar-refractivity contribution is 5.94. The van der Waals surface area contributed by atoms with Gasteiger partial charge in [0.1, 0.15) is 23.9 Å². The Bertz CT molecular complexity index is 1260. The molecule has 0 aliphatic rings. The third-order valence-electron chi connectivity index (χ3n) is 6.19. The standard InChI is InChI=1S/C26H37N9O8/c27-17(2-1-9-31-26(28)29)22(39)34-19(10-14-3-5-16(36)6-4-14)24(41)33-18(7-8-21(37)38)23(40)35-20(25(42)43)11-15-12-30-13-32-15/h3-6,12-13,17-20,36H,1-2,7-11,27H2,(H,30,32)(H,33,41)(H,34,39)(H,35,40)(H,37,38)(H,42,43)(H4,28,29,31). The number of carbonyl (C=O) groups is 5. The molecule has 4 unspecified atom stereocenters. The molecule has 4 atom stereocenters. The van der Waals surface area contributed by atoms with Gasteiger partial charge in [-0.1, -0.05) is 12.1 Å². The van der Waals surface area contributed by atoms with Crippen molar-refractivity contribution in [2.75, 3.05) is 6.54 Å². The minimum Gasteiger partial charge on any atom is -0.508 e. The van der Waals surface area contributed by atoms with E-state index in [1.54, 1.807) is 0 Å². The Kier molecular flexibility index (Phi) is 13.4. The van der Waals surface area contributed by atoms with E-state index in [2.05, 4.69) is 30.9 Å². The second kappa shape index (κ2) is 16.9. The first-order valence-electron chi connectivity index (χ1n) is 13.3. The van der Waals surface area contributed by atoms with Crippen LogP contribution in [0.1, 0.15) is 36.9 Å². The molecule has 0 spiro atoms. The summed E-state index contributed by atoms with van der Waals surface area (Å²) in [6.07, 6.45) is 2.16. The van der Waals surface area contributed by atoms with Crippen LogP contribution in [0.2, 0.25) is 0 Å². The first-order chi connectivity index (χ1) is 20.3. The third kappa shape index (κ3) is 12.5. The Morgan fingerprint density at radius 3 is 2.09 bits per heavy atom. The van der Waals surface area contributed by atoms with Gasteiger partial charge in [-0.2, -0.15) is 0 Å². The number of carbonyl (C=O) groups excluding carboxylic acids is 3. The van der Waals surface area contributed by atoms with E-state index in [0.717, 1.165) is 0 Å². The van der Waals surface area contributed by atoms with Crippen molar-refractivity contribution in [2.24, 2.45) is 22.2 Å². The van der Waals surface area contributed by atoms with Crippen LogP contribution in [-0.4, -0.2) is 91.6 Å². The molecule has 0 radical (unpaired) electrons. The zero-order valence-corrected chi connectivity index (χ0v) is 23.2. The van der Waals surface area contributed by atoms with E-state index in [1.807, 2.05) is 0 Å². The summed E-state index contributed by atoms with van der Waals surface area (Å²) in [5, 5.41) is 35.7. The summed E-state index contributed by atoms with van der Waals surface area (Å²) in [4.78, 5) is 72.8. The average Bonchev–Trinajstić information content (AvgIpc) is 3.46. The molecule has 0 fully saturated rings. The normalized spacial score (nSPS) is 13.5. The van der Waals surface area contributed by atoms with Crippen molar-refractivity contribution in [3.05, 3.63) is 48.0 Å². The molecule has 13 N–H and O–H groups in total. The summed E-state index contributed by atoms with van der Waals surface area (Å²) in [6.45, 7) is 0.235. The SMILES string of the molecule is NC(N)=NCCCC(N)C(=O)NC(Cc1ccc(O)cc1)C(=O)NC(CCC(=O)O)C(=O)NC(Cc1cnc[nH]1)C(=O)O. The molecule has 0 aliphatic heterocycles. The lowest BCUT2D eigenvalue weighted by atomic mass is 10.0. The number of aliphatic imine (C=N–C) groups is 1. The summed E-state index contributed by atoms with van der Waals surface area (Å²) in [7, 11) is 0. The molecule has 43 heavy (non-hydrogen) atoms. The number of nitrogens with zero attached hydrogens (tertiary/aromatic N) is 2. The number of carboxylic acids is 2. The van der Waals surface area contributed by atoms with Crippen LogP contribution in [0.25, 0.3) is 0 Å². The zero-order chi connectivity index (χ0) is 31.9. The van der Waals surface area contributed by atoms with Crippen LogP contribution < -0.4 is 33.2 Å². The zero-order valence-electron chi connectivity index (χ0n) is 23.2. The Morgan fingerprint density at radius 1 is 0.884 bits per heavy atom. The van der Waals surface area contributed by atoms with Gasteiger partial charge in [0.15, 0.2) is 5.96 Å². The lowest BCUT2D eigenvalue weighted by Gasteiger charge is -2.25. The highest BCUT2D eigenvalue weighted by atomic mass is 16.4. The summed E-state index contributed by atoms with van der Waals surface area (Å²) < 4.78 is 0. The number of phenols is 1. The number of amides is 3. The lowest BCUT2D eigenvalue weighted by molar-refractivity contribution is -0.143. The second-order valence-electron chi connectivity index (χ2n) is 9.66. The minimum absolute atomic E-state index is 0.0231. The molecule has 1 aromatic carbocycles. The molecule has 234 valence electrons. The van der Waals surface area contributed by atoms with Crippen LogP contribution in [0.3, 0.4) is 0 Å². The highest BCUT2D eigenvalue weighted by Gasteiger charge is 2.31. The monoisotopic (exact) mass is 603 g/mol. The number of imidazole rings is 1. The molecule has 0 bridgehead atoms. The quantitative estimate of drug-likeness (QED) is 0.0488. The maximum Gasteiger partial charge on any atom is 0.326 e. The van der Waals surface area contributed by atoms with Crippen LogP contribution in [0.15, 0.2) is 41.8 Å². The Labute approximate surface area is 246 Å². The van der Waals surface area contributed by atoms with Gasteiger partial charge in [-0.15, -0.1) is 0 Å².